The summed E-state index contributed by atoms with van der Waals surface area (Å²) in [6, 6.07) is 19.7. The van der Waals surface area contributed by atoms with Crippen molar-refractivity contribution in [1.29, 1.82) is 0 Å². The number of nitrogens with one attached hydrogen (secondary N) is 1. The standard InChI is InChI=1S/C35H42N8O3/c1-46-17-16-42(34-11-13-35(14-12-34,30(45)20-34)26-7-3-2-4-8-26)15-10-28(29-19-31(36)38-33-32(29)39-41-40-33)25-21-37-43(23-25)22-24-6-5-9-27(44)18-24/h2-9,18-19,21,23,28,30,44-45H,10-17,20,22H2,1H3,(H3,36,38,39,40,41)/t28?,30-,34?,35?/m1/s1. The van der Waals surface area contributed by atoms with E-state index in [2.05, 4.69) is 55.8 Å². The Bertz CT molecular complexity index is 1780. The van der Waals surface area contributed by atoms with Crippen LogP contribution in [-0.4, -0.2) is 83.7 Å². The van der Waals surface area contributed by atoms with Crippen molar-refractivity contribution in [2.24, 2.45) is 0 Å². The number of nitrogens with zero attached hydrogens (tertiary/aromatic N) is 6. The number of anilines is 1. The van der Waals surface area contributed by atoms with Gasteiger partial charge in [-0.25, -0.2) is 10.1 Å². The average Bonchev–Trinajstić information content (AvgIpc) is 3.73. The first kappa shape index (κ1) is 30.3. The number of pyridine rings is 1. The first-order valence-electron chi connectivity index (χ1n) is 16.1. The second-order valence-electron chi connectivity index (χ2n) is 13.1. The molecule has 3 aliphatic rings. The molecule has 5 N–H and O–H groups in total. The third-order valence-corrected chi connectivity index (χ3v) is 10.6. The average molecular weight is 623 g/mol. The van der Waals surface area contributed by atoms with Crippen LogP contribution in [0.25, 0.3) is 11.2 Å². The number of phenols is 1. The predicted octanol–water partition coefficient (Wildman–Crippen LogP) is 4.37. The molecule has 46 heavy (non-hydrogen) atoms. The molecule has 2 atom stereocenters. The second-order valence-corrected chi connectivity index (χ2v) is 13.1. The summed E-state index contributed by atoms with van der Waals surface area (Å²) in [5, 5.41) is 37.7. The van der Waals surface area contributed by atoms with Crippen LogP contribution in [0.2, 0.25) is 0 Å². The number of aliphatic hydroxyl groups is 1. The molecule has 0 saturated heterocycles. The highest BCUT2D eigenvalue weighted by molar-refractivity contribution is 5.77. The Morgan fingerprint density at radius 1 is 1.09 bits per heavy atom. The summed E-state index contributed by atoms with van der Waals surface area (Å²) in [6.45, 7) is 2.72. The lowest BCUT2D eigenvalue weighted by Gasteiger charge is -2.60. The zero-order valence-corrected chi connectivity index (χ0v) is 26.2. The second kappa shape index (κ2) is 12.5. The molecular weight excluding hydrogens is 580 g/mol. The van der Waals surface area contributed by atoms with Gasteiger partial charge < -0.3 is 20.7 Å². The van der Waals surface area contributed by atoms with E-state index in [-0.39, 0.29) is 22.6 Å². The number of aromatic amines is 1. The summed E-state index contributed by atoms with van der Waals surface area (Å²) in [6.07, 6.45) is 9.09. The van der Waals surface area contributed by atoms with Crippen molar-refractivity contribution in [2.45, 2.75) is 68.0 Å². The molecule has 3 aliphatic carbocycles. The van der Waals surface area contributed by atoms with E-state index in [4.69, 9.17) is 15.6 Å². The van der Waals surface area contributed by atoms with Gasteiger partial charge in [0.05, 0.1) is 25.5 Å². The number of ether oxygens (including phenoxy) is 1. The van der Waals surface area contributed by atoms with Gasteiger partial charge in [-0.3, -0.25) is 9.58 Å². The van der Waals surface area contributed by atoms with E-state index in [1.165, 1.54) is 5.56 Å². The van der Waals surface area contributed by atoms with E-state index < -0.39 is 6.10 Å². The third-order valence-electron chi connectivity index (χ3n) is 10.6. The fraction of sp³-hybridized carbons (Fsp3) is 0.429. The number of methoxy groups -OCH3 is 1. The Kier molecular flexibility index (Phi) is 8.22. The van der Waals surface area contributed by atoms with Crippen molar-refractivity contribution in [3.63, 3.8) is 0 Å². The molecule has 11 nitrogen and oxygen atoms in total. The van der Waals surface area contributed by atoms with Crippen molar-refractivity contribution in [3.05, 3.63) is 95.3 Å². The lowest BCUT2D eigenvalue weighted by molar-refractivity contribution is -0.104. The van der Waals surface area contributed by atoms with Gasteiger partial charge in [-0.1, -0.05) is 47.7 Å². The molecule has 240 valence electrons. The topological polar surface area (TPSA) is 151 Å². The van der Waals surface area contributed by atoms with Crippen LogP contribution >= 0.6 is 0 Å². The smallest absolute Gasteiger partial charge is 0.178 e. The van der Waals surface area contributed by atoms with Crippen LogP contribution in [0.1, 0.15) is 66.7 Å². The van der Waals surface area contributed by atoms with Crippen LogP contribution in [-0.2, 0) is 16.7 Å². The van der Waals surface area contributed by atoms with E-state index in [1.54, 1.807) is 19.2 Å². The number of aromatic hydroxyl groups is 1. The van der Waals surface area contributed by atoms with Gasteiger partial charge in [-0.15, -0.1) is 5.10 Å². The molecule has 3 saturated carbocycles. The normalized spacial score (nSPS) is 23.3. The molecule has 1 unspecified atom stereocenters. The number of aromatic nitrogens is 6. The van der Waals surface area contributed by atoms with E-state index in [0.717, 1.165) is 68.3 Å². The van der Waals surface area contributed by atoms with Gasteiger partial charge in [0.15, 0.2) is 5.65 Å². The maximum atomic E-state index is 11.7. The monoisotopic (exact) mass is 622 g/mol. The maximum absolute atomic E-state index is 11.7. The van der Waals surface area contributed by atoms with Crippen molar-refractivity contribution >= 4 is 17.0 Å². The van der Waals surface area contributed by atoms with Crippen molar-refractivity contribution in [1.82, 2.24) is 35.1 Å². The van der Waals surface area contributed by atoms with Crippen LogP contribution in [0.5, 0.6) is 5.75 Å². The molecule has 8 rings (SSSR count). The van der Waals surface area contributed by atoms with Gasteiger partial charge >= 0.3 is 0 Å². The highest BCUT2D eigenvalue weighted by Crippen LogP contribution is 2.56. The van der Waals surface area contributed by atoms with Crippen LogP contribution in [0, 0.1) is 0 Å². The molecule has 2 aromatic carbocycles. The first-order chi connectivity index (χ1) is 22.4. The Hall–Kier alpha value is -4.32. The Morgan fingerprint density at radius 2 is 1.91 bits per heavy atom. The van der Waals surface area contributed by atoms with Gasteiger partial charge in [-0.2, -0.15) is 5.10 Å². The van der Waals surface area contributed by atoms with Gasteiger partial charge in [0, 0.05) is 36.7 Å². The maximum Gasteiger partial charge on any atom is 0.178 e. The Balaban J connectivity index is 1.18. The van der Waals surface area contributed by atoms with Crippen molar-refractivity contribution in [2.75, 3.05) is 32.5 Å². The number of hydrogen-bond donors (Lipinski definition) is 4. The predicted molar refractivity (Wildman–Crippen MR) is 175 cm³/mol. The first-order valence-corrected chi connectivity index (χ1v) is 16.1. The SMILES string of the molecule is COCCN(CCC(c1cnn(Cc2cccc(O)c2)c1)c1cc(N)nc2[nH]nnc12)C12CCC(c3ccccc3)(CC1)[C@H](O)C2. The molecule has 0 radical (unpaired) electrons. The minimum Gasteiger partial charge on any atom is -0.508 e. The van der Waals surface area contributed by atoms with Gasteiger partial charge in [-0.05, 0) is 85.5 Å². The van der Waals surface area contributed by atoms with Gasteiger partial charge in [0.25, 0.3) is 0 Å². The molecule has 3 heterocycles. The molecule has 2 bridgehead atoms. The van der Waals surface area contributed by atoms with Crippen LogP contribution < -0.4 is 5.73 Å². The number of benzene rings is 2. The zero-order chi connectivity index (χ0) is 31.7. The summed E-state index contributed by atoms with van der Waals surface area (Å²) in [5.41, 5.74) is 11.5. The molecule has 5 aromatic rings. The highest BCUT2D eigenvalue weighted by atomic mass is 16.5. The number of rotatable bonds is 12. The minimum atomic E-state index is -0.399. The largest absolute Gasteiger partial charge is 0.508 e. The fourth-order valence-electron chi connectivity index (χ4n) is 8.16. The number of H-pyrrole nitrogens is 1. The van der Waals surface area contributed by atoms with Gasteiger partial charge in [0.1, 0.15) is 17.1 Å². The van der Waals surface area contributed by atoms with E-state index >= 15 is 0 Å². The highest BCUT2D eigenvalue weighted by Gasteiger charge is 2.56. The van der Waals surface area contributed by atoms with E-state index in [1.807, 2.05) is 35.1 Å². The summed E-state index contributed by atoms with van der Waals surface area (Å²) >= 11 is 0. The van der Waals surface area contributed by atoms with Crippen molar-refractivity contribution < 1.29 is 14.9 Å². The Morgan fingerprint density at radius 3 is 2.67 bits per heavy atom. The molecule has 3 fully saturated rings. The fourth-order valence-corrected chi connectivity index (χ4v) is 8.16. The number of fused-ring (bicyclic) bond motifs is 4. The van der Waals surface area contributed by atoms with Crippen LogP contribution in [0.15, 0.2) is 73.1 Å². The molecule has 0 amide bonds. The summed E-state index contributed by atoms with van der Waals surface area (Å²) in [7, 11) is 1.75. The molecule has 3 aromatic heterocycles. The number of hydrogen-bond acceptors (Lipinski definition) is 9. The minimum absolute atomic E-state index is 0.0854. The van der Waals surface area contributed by atoms with Crippen LogP contribution in [0.3, 0.4) is 0 Å². The molecule has 0 spiro atoms. The summed E-state index contributed by atoms with van der Waals surface area (Å²) in [4.78, 5) is 6.99. The lowest BCUT2D eigenvalue weighted by Crippen LogP contribution is -2.64. The van der Waals surface area contributed by atoms with Gasteiger partial charge in [0.2, 0.25) is 0 Å². The molecule has 11 heteroatoms. The lowest BCUT2D eigenvalue weighted by atomic mass is 9.53. The van der Waals surface area contributed by atoms with Crippen molar-refractivity contribution in [3.8, 4) is 5.75 Å². The van der Waals surface area contributed by atoms with E-state index in [0.29, 0.717) is 30.1 Å². The quantitative estimate of drug-likeness (QED) is 0.159. The summed E-state index contributed by atoms with van der Waals surface area (Å²) < 4.78 is 7.50. The van der Waals surface area contributed by atoms with E-state index in [9.17, 15) is 10.2 Å². The number of phenolic OH excluding ortho intramolecular Hbond substituents is 1. The Labute approximate surface area is 268 Å². The molecule has 0 aliphatic heterocycles. The third kappa shape index (κ3) is 5.63. The number of nitrogen functional groups attached to an aromatic ring is 1. The number of nitrogens with two attached hydrogens (primary N) is 1. The summed E-state index contributed by atoms with van der Waals surface area (Å²) in [5.74, 6) is 0.550. The zero-order valence-electron chi connectivity index (χ0n) is 26.2. The number of aliphatic hydroxyl groups excluding tert-OH is 1. The van der Waals surface area contributed by atoms with Crippen LogP contribution in [0.4, 0.5) is 5.82 Å². The molecular formula is C35H42N8O3.